The molecule has 0 amide bonds. The maximum absolute atomic E-state index is 8.93. The molecule has 1 aromatic heterocycles. The van der Waals surface area contributed by atoms with Crippen molar-refractivity contribution in [3.63, 3.8) is 0 Å². The Hall–Kier alpha value is -2.07. The van der Waals surface area contributed by atoms with Gasteiger partial charge < -0.3 is 15.6 Å². The lowest BCUT2D eigenvalue weighted by Gasteiger charge is -2.06. The van der Waals surface area contributed by atoms with Crippen LogP contribution in [0.2, 0.25) is 0 Å². The lowest BCUT2D eigenvalue weighted by Crippen LogP contribution is -1.91. The van der Waals surface area contributed by atoms with Gasteiger partial charge in [0.25, 0.3) is 0 Å². The summed E-state index contributed by atoms with van der Waals surface area (Å²) in [5.41, 5.74) is 6.84. The summed E-state index contributed by atoms with van der Waals surface area (Å²) in [7, 11) is 0. The van der Waals surface area contributed by atoms with Crippen molar-refractivity contribution in [2.24, 2.45) is 0 Å². The molecule has 0 aliphatic rings. The molecule has 4 heteroatoms. The van der Waals surface area contributed by atoms with Crippen LogP contribution in [0.3, 0.4) is 0 Å². The van der Waals surface area contributed by atoms with Gasteiger partial charge in [-0.25, -0.2) is 0 Å². The van der Waals surface area contributed by atoms with Crippen LogP contribution in [0.25, 0.3) is 0 Å². The molecule has 2 aromatic rings. The maximum atomic E-state index is 8.93. The normalized spacial score (nSPS) is 9.28. The summed E-state index contributed by atoms with van der Waals surface area (Å²) < 4.78 is 5.57. The predicted molar refractivity (Wildman–Crippen MR) is 72.4 cm³/mol. The van der Waals surface area contributed by atoms with Crippen molar-refractivity contribution in [2.75, 3.05) is 5.73 Å². The number of aromatic nitrogens is 1. The van der Waals surface area contributed by atoms with Crippen molar-refractivity contribution in [1.29, 1.82) is 0 Å². The number of aliphatic hydroxyl groups excluding tert-OH is 1. The number of nitrogens with two attached hydrogens (primary N) is 1. The van der Waals surface area contributed by atoms with Gasteiger partial charge >= 0.3 is 0 Å². The first kappa shape index (κ1) is 14.0. The second kappa shape index (κ2) is 7.29. The minimum atomic E-state index is -0.0983. The standard InChI is InChI=1S/C12H12N2O2.C2H6/c13-9-1-3-11(4-2-9)16-12-5-6-14-10(7-12)8-15;1-2/h1-7,15H,8,13H2;1-2H3. The first-order valence-corrected chi connectivity index (χ1v) is 5.87. The highest BCUT2D eigenvalue weighted by Gasteiger charge is 1.99. The Labute approximate surface area is 107 Å². The number of nitrogen functional groups attached to an aromatic ring is 1. The van der Waals surface area contributed by atoms with Crippen molar-refractivity contribution >= 4 is 5.69 Å². The molecule has 3 N–H and O–H groups in total. The minimum absolute atomic E-state index is 0.0983. The molecule has 0 saturated heterocycles. The van der Waals surface area contributed by atoms with Crippen LogP contribution in [0.15, 0.2) is 42.6 Å². The van der Waals surface area contributed by atoms with Crippen molar-refractivity contribution in [2.45, 2.75) is 20.5 Å². The van der Waals surface area contributed by atoms with E-state index in [4.69, 9.17) is 15.6 Å². The van der Waals surface area contributed by atoms with Crippen LogP contribution in [-0.2, 0) is 6.61 Å². The van der Waals surface area contributed by atoms with E-state index in [1.165, 1.54) is 0 Å². The Morgan fingerprint density at radius 2 is 1.78 bits per heavy atom. The third-order valence-electron chi connectivity index (χ3n) is 2.07. The summed E-state index contributed by atoms with van der Waals surface area (Å²) in [6, 6.07) is 10.5. The van der Waals surface area contributed by atoms with Gasteiger partial charge in [0, 0.05) is 18.0 Å². The third-order valence-corrected chi connectivity index (χ3v) is 2.07. The molecule has 0 spiro atoms. The van der Waals surface area contributed by atoms with Gasteiger partial charge in [-0.05, 0) is 30.3 Å². The first-order valence-electron chi connectivity index (χ1n) is 5.87. The predicted octanol–water partition coefficient (Wildman–Crippen LogP) is 2.97. The number of benzene rings is 1. The summed E-state index contributed by atoms with van der Waals surface area (Å²) in [6.45, 7) is 3.90. The molecule has 0 unspecified atom stereocenters. The van der Waals surface area contributed by atoms with Gasteiger partial charge in [-0.1, -0.05) is 13.8 Å². The molecule has 0 atom stereocenters. The second-order valence-electron chi connectivity index (χ2n) is 3.31. The van der Waals surface area contributed by atoms with Crippen LogP contribution >= 0.6 is 0 Å². The highest BCUT2D eigenvalue weighted by Crippen LogP contribution is 2.22. The average molecular weight is 246 g/mol. The van der Waals surface area contributed by atoms with Crippen molar-refractivity contribution in [3.05, 3.63) is 48.3 Å². The van der Waals surface area contributed by atoms with E-state index in [0.717, 1.165) is 0 Å². The van der Waals surface area contributed by atoms with Gasteiger partial charge in [0.15, 0.2) is 0 Å². The highest BCUT2D eigenvalue weighted by molar-refractivity contribution is 5.43. The molecule has 18 heavy (non-hydrogen) atoms. The van der Waals surface area contributed by atoms with Crippen molar-refractivity contribution < 1.29 is 9.84 Å². The minimum Gasteiger partial charge on any atom is -0.457 e. The van der Waals surface area contributed by atoms with Crippen LogP contribution in [0.5, 0.6) is 11.5 Å². The number of hydrogen-bond acceptors (Lipinski definition) is 4. The molecule has 0 saturated carbocycles. The first-order chi connectivity index (χ1) is 8.78. The molecular formula is C14H18N2O2. The largest absolute Gasteiger partial charge is 0.457 e. The number of aliphatic hydroxyl groups is 1. The Morgan fingerprint density at radius 3 is 2.39 bits per heavy atom. The number of anilines is 1. The van der Waals surface area contributed by atoms with E-state index < -0.39 is 0 Å². The fourth-order valence-corrected chi connectivity index (χ4v) is 1.28. The lowest BCUT2D eigenvalue weighted by molar-refractivity contribution is 0.276. The second-order valence-corrected chi connectivity index (χ2v) is 3.31. The Kier molecular flexibility index (Phi) is 5.67. The quantitative estimate of drug-likeness (QED) is 0.817. The molecule has 0 aliphatic carbocycles. The molecule has 0 radical (unpaired) electrons. The van der Waals surface area contributed by atoms with Gasteiger partial charge in [0.05, 0.1) is 12.3 Å². The van der Waals surface area contributed by atoms with E-state index in [2.05, 4.69) is 4.98 Å². The molecule has 0 fully saturated rings. The van der Waals surface area contributed by atoms with Crippen LogP contribution in [0.4, 0.5) is 5.69 Å². The summed E-state index contributed by atoms with van der Waals surface area (Å²) in [4.78, 5) is 3.96. The number of ether oxygens (including phenoxy) is 1. The molecule has 2 rings (SSSR count). The monoisotopic (exact) mass is 246 g/mol. The fraction of sp³-hybridized carbons (Fsp3) is 0.214. The third kappa shape index (κ3) is 4.07. The average Bonchev–Trinajstić information content (AvgIpc) is 2.44. The van der Waals surface area contributed by atoms with Crippen LogP contribution in [0.1, 0.15) is 19.5 Å². The van der Waals surface area contributed by atoms with Crippen LogP contribution in [0, 0.1) is 0 Å². The highest BCUT2D eigenvalue weighted by atomic mass is 16.5. The van der Waals surface area contributed by atoms with E-state index in [-0.39, 0.29) is 6.61 Å². The van der Waals surface area contributed by atoms with E-state index in [1.54, 1.807) is 42.6 Å². The molecule has 0 bridgehead atoms. The summed E-state index contributed by atoms with van der Waals surface area (Å²) in [5.74, 6) is 1.34. The van der Waals surface area contributed by atoms with Crippen LogP contribution in [-0.4, -0.2) is 10.1 Å². The van der Waals surface area contributed by atoms with E-state index in [0.29, 0.717) is 22.9 Å². The van der Waals surface area contributed by atoms with E-state index in [9.17, 15) is 0 Å². The zero-order valence-corrected chi connectivity index (χ0v) is 10.6. The zero-order chi connectivity index (χ0) is 13.4. The number of hydrogen-bond donors (Lipinski definition) is 2. The maximum Gasteiger partial charge on any atom is 0.130 e. The van der Waals surface area contributed by atoms with Crippen LogP contribution < -0.4 is 10.5 Å². The molecular weight excluding hydrogens is 228 g/mol. The topological polar surface area (TPSA) is 68.4 Å². The summed E-state index contributed by atoms with van der Waals surface area (Å²) in [5, 5.41) is 8.93. The number of rotatable bonds is 3. The van der Waals surface area contributed by atoms with Gasteiger partial charge in [0.2, 0.25) is 0 Å². The Bertz CT molecular complexity index is 469. The molecule has 1 aromatic carbocycles. The molecule has 1 heterocycles. The van der Waals surface area contributed by atoms with Gasteiger partial charge in [-0.3, -0.25) is 4.98 Å². The number of pyridine rings is 1. The van der Waals surface area contributed by atoms with Gasteiger partial charge in [0.1, 0.15) is 11.5 Å². The summed E-state index contributed by atoms with van der Waals surface area (Å²) in [6.07, 6.45) is 1.60. The zero-order valence-electron chi connectivity index (χ0n) is 10.6. The Morgan fingerprint density at radius 1 is 1.11 bits per heavy atom. The van der Waals surface area contributed by atoms with Crippen molar-refractivity contribution in [1.82, 2.24) is 4.98 Å². The Balaban J connectivity index is 0.000000771. The smallest absolute Gasteiger partial charge is 0.130 e. The van der Waals surface area contributed by atoms with Gasteiger partial charge in [-0.15, -0.1) is 0 Å². The molecule has 4 nitrogen and oxygen atoms in total. The van der Waals surface area contributed by atoms with E-state index in [1.807, 2.05) is 13.8 Å². The van der Waals surface area contributed by atoms with E-state index >= 15 is 0 Å². The SMILES string of the molecule is CC.Nc1ccc(Oc2ccnc(CO)c2)cc1. The fourth-order valence-electron chi connectivity index (χ4n) is 1.28. The van der Waals surface area contributed by atoms with Crippen molar-refractivity contribution in [3.8, 4) is 11.5 Å². The number of nitrogens with zero attached hydrogens (tertiary/aromatic N) is 1. The summed E-state index contributed by atoms with van der Waals surface area (Å²) >= 11 is 0. The molecule has 96 valence electrons. The molecule has 0 aliphatic heterocycles. The van der Waals surface area contributed by atoms with Gasteiger partial charge in [-0.2, -0.15) is 0 Å². The lowest BCUT2D eigenvalue weighted by atomic mass is 10.3.